The molecular formula is C46H26S2. The van der Waals surface area contributed by atoms with Crippen molar-refractivity contribution in [3.8, 4) is 22.3 Å². The van der Waals surface area contributed by atoms with E-state index in [-0.39, 0.29) is 0 Å². The third-order valence-electron chi connectivity index (χ3n) is 10.2. The van der Waals surface area contributed by atoms with Crippen LogP contribution >= 0.6 is 22.7 Å². The second kappa shape index (κ2) is 9.98. The molecule has 2 heterocycles. The summed E-state index contributed by atoms with van der Waals surface area (Å²) in [6, 6.07) is 58.7. The molecule has 0 N–H and O–H groups in total. The fourth-order valence-electron chi connectivity index (χ4n) is 8.14. The highest BCUT2D eigenvalue weighted by molar-refractivity contribution is 7.29. The maximum absolute atomic E-state index is 2.49. The zero-order valence-electron chi connectivity index (χ0n) is 25.8. The lowest BCUT2D eigenvalue weighted by atomic mass is 9.85. The van der Waals surface area contributed by atoms with Gasteiger partial charge in [0.25, 0.3) is 0 Å². The normalized spacial score (nSPS) is 12.2. The number of hydrogen-bond donors (Lipinski definition) is 0. The Labute approximate surface area is 284 Å². The zero-order valence-corrected chi connectivity index (χ0v) is 27.5. The number of hydrogen-bond acceptors (Lipinski definition) is 2. The van der Waals surface area contributed by atoms with E-state index < -0.39 is 0 Å². The van der Waals surface area contributed by atoms with Gasteiger partial charge < -0.3 is 0 Å². The Balaban J connectivity index is 1.37. The average Bonchev–Trinajstić information content (AvgIpc) is 3.71. The van der Waals surface area contributed by atoms with Crippen molar-refractivity contribution in [3.05, 3.63) is 158 Å². The fourth-order valence-corrected chi connectivity index (χ4v) is 10.7. The van der Waals surface area contributed by atoms with Crippen LogP contribution in [0.3, 0.4) is 0 Å². The molecule has 9 aromatic carbocycles. The van der Waals surface area contributed by atoms with Crippen LogP contribution in [0.25, 0.3) is 106 Å². The second-order valence-corrected chi connectivity index (χ2v) is 14.9. The van der Waals surface area contributed by atoms with Gasteiger partial charge >= 0.3 is 0 Å². The first-order valence-electron chi connectivity index (χ1n) is 16.4. The number of rotatable bonds is 2. The van der Waals surface area contributed by atoms with E-state index in [1.807, 2.05) is 22.7 Å². The van der Waals surface area contributed by atoms with Gasteiger partial charge in [-0.25, -0.2) is 0 Å². The highest BCUT2D eigenvalue weighted by Gasteiger charge is 2.24. The molecule has 0 aliphatic heterocycles. The summed E-state index contributed by atoms with van der Waals surface area (Å²) in [4.78, 5) is 0. The number of thiophene rings is 2. The maximum Gasteiger partial charge on any atom is 0.0449 e. The molecule has 0 aliphatic rings. The minimum Gasteiger partial charge on any atom is -0.134 e. The van der Waals surface area contributed by atoms with Gasteiger partial charge in [0.2, 0.25) is 0 Å². The highest BCUT2D eigenvalue weighted by Crippen LogP contribution is 2.53. The lowest BCUT2D eigenvalue weighted by Gasteiger charge is -2.19. The fraction of sp³-hybridized carbons (Fsp3) is 0. The summed E-state index contributed by atoms with van der Waals surface area (Å²) >= 11 is 3.89. The molecule has 0 atom stereocenters. The topological polar surface area (TPSA) is 0 Å². The summed E-state index contributed by atoms with van der Waals surface area (Å²) < 4.78 is 5.41. The minimum atomic E-state index is 1.26. The van der Waals surface area contributed by atoms with E-state index in [4.69, 9.17) is 0 Å². The van der Waals surface area contributed by atoms with Crippen molar-refractivity contribution >= 4 is 106 Å². The standard InChI is InChI=1S/C46H26S2/c1-2-13-29-25-30(22-21-27(29)11-1)41-33-16-5-7-18-35(33)43(36-19-8-6-17-34(36)41)44-45-37(32-15-9-10-20-39(32)47-45)26-38-42-31-14-4-3-12-28(31)23-24-40(42)48-46(38)44/h1-26H. The predicted molar refractivity (Wildman–Crippen MR) is 213 cm³/mol. The van der Waals surface area contributed by atoms with Crippen LogP contribution in [0.4, 0.5) is 0 Å². The highest BCUT2D eigenvalue weighted by atomic mass is 32.1. The third kappa shape index (κ3) is 3.65. The quantitative estimate of drug-likeness (QED) is 0.165. The van der Waals surface area contributed by atoms with Crippen molar-refractivity contribution in [2.24, 2.45) is 0 Å². The molecule has 2 heteroatoms. The van der Waals surface area contributed by atoms with Gasteiger partial charge in [-0.2, -0.15) is 0 Å². The smallest absolute Gasteiger partial charge is 0.0449 e. The van der Waals surface area contributed by atoms with E-state index in [9.17, 15) is 0 Å². The van der Waals surface area contributed by atoms with Crippen LogP contribution in [-0.4, -0.2) is 0 Å². The molecule has 11 aromatic rings. The minimum absolute atomic E-state index is 1.26. The molecule has 11 rings (SSSR count). The van der Waals surface area contributed by atoms with Crippen LogP contribution in [0.2, 0.25) is 0 Å². The van der Waals surface area contributed by atoms with Gasteiger partial charge in [0.15, 0.2) is 0 Å². The van der Waals surface area contributed by atoms with Crippen LogP contribution in [0.5, 0.6) is 0 Å². The van der Waals surface area contributed by atoms with E-state index in [1.54, 1.807) is 0 Å². The summed E-state index contributed by atoms with van der Waals surface area (Å²) in [5.41, 5.74) is 5.26. The van der Waals surface area contributed by atoms with Crippen molar-refractivity contribution in [2.45, 2.75) is 0 Å². The van der Waals surface area contributed by atoms with Gasteiger partial charge in [0.05, 0.1) is 0 Å². The Kier molecular flexibility index (Phi) is 5.51. The molecule has 2 aromatic heterocycles. The van der Waals surface area contributed by atoms with E-state index in [1.165, 1.54) is 106 Å². The first kappa shape index (κ1) is 26.5. The number of benzene rings is 9. The molecule has 222 valence electrons. The largest absolute Gasteiger partial charge is 0.134 e. The predicted octanol–water partition coefficient (Wildman–Crippen LogP) is 14.4. The summed E-state index contributed by atoms with van der Waals surface area (Å²) in [7, 11) is 0. The maximum atomic E-state index is 2.49. The summed E-state index contributed by atoms with van der Waals surface area (Å²) in [6.07, 6.45) is 0. The zero-order chi connectivity index (χ0) is 31.3. The van der Waals surface area contributed by atoms with Crippen LogP contribution in [0, 0.1) is 0 Å². The second-order valence-electron chi connectivity index (χ2n) is 12.8. The van der Waals surface area contributed by atoms with Crippen molar-refractivity contribution < 1.29 is 0 Å². The van der Waals surface area contributed by atoms with Gasteiger partial charge in [-0.1, -0.05) is 133 Å². The van der Waals surface area contributed by atoms with Crippen molar-refractivity contribution in [3.63, 3.8) is 0 Å². The Hall–Kier alpha value is -5.54. The van der Waals surface area contributed by atoms with Crippen LogP contribution < -0.4 is 0 Å². The van der Waals surface area contributed by atoms with Gasteiger partial charge in [0.1, 0.15) is 0 Å². The van der Waals surface area contributed by atoms with E-state index in [2.05, 4.69) is 158 Å². The van der Waals surface area contributed by atoms with Crippen LogP contribution in [0.15, 0.2) is 158 Å². The van der Waals surface area contributed by atoms with Gasteiger partial charge in [-0.15, -0.1) is 22.7 Å². The van der Waals surface area contributed by atoms with Crippen molar-refractivity contribution in [1.82, 2.24) is 0 Å². The molecular weight excluding hydrogens is 617 g/mol. The van der Waals surface area contributed by atoms with E-state index >= 15 is 0 Å². The molecule has 0 saturated heterocycles. The summed E-state index contributed by atoms with van der Waals surface area (Å²) in [6.45, 7) is 0. The molecule has 0 bridgehead atoms. The molecule has 0 amide bonds. The Morgan fingerprint density at radius 2 is 0.833 bits per heavy atom. The van der Waals surface area contributed by atoms with Crippen molar-refractivity contribution in [2.75, 3.05) is 0 Å². The molecule has 0 aliphatic carbocycles. The Morgan fingerprint density at radius 1 is 0.292 bits per heavy atom. The lowest BCUT2D eigenvalue weighted by molar-refractivity contribution is 1.70. The first-order valence-corrected chi connectivity index (χ1v) is 18.1. The Morgan fingerprint density at radius 3 is 1.58 bits per heavy atom. The lowest BCUT2D eigenvalue weighted by Crippen LogP contribution is -1.91. The number of fused-ring (bicyclic) bond motifs is 11. The average molecular weight is 643 g/mol. The van der Waals surface area contributed by atoms with E-state index in [0.29, 0.717) is 0 Å². The van der Waals surface area contributed by atoms with Gasteiger partial charge in [-0.05, 0) is 78.5 Å². The Bertz CT molecular complexity index is 3060. The molecule has 0 radical (unpaired) electrons. The summed E-state index contributed by atoms with van der Waals surface area (Å²) in [5, 5.41) is 15.7. The molecule has 0 spiro atoms. The van der Waals surface area contributed by atoms with Crippen LogP contribution in [0.1, 0.15) is 0 Å². The molecule has 0 saturated carbocycles. The third-order valence-corrected chi connectivity index (χ3v) is 12.6. The van der Waals surface area contributed by atoms with E-state index in [0.717, 1.165) is 0 Å². The molecule has 0 nitrogen and oxygen atoms in total. The van der Waals surface area contributed by atoms with Crippen molar-refractivity contribution in [1.29, 1.82) is 0 Å². The van der Waals surface area contributed by atoms with Gasteiger partial charge in [0, 0.05) is 51.5 Å². The SMILES string of the molecule is c1ccc2cc(-c3c4ccccc4c(-c4c5sc6ccccc6c5cc5c4sc4ccc6ccccc6c45)c4ccccc34)ccc2c1. The summed E-state index contributed by atoms with van der Waals surface area (Å²) in [5.74, 6) is 0. The molecule has 48 heavy (non-hydrogen) atoms. The molecule has 0 fully saturated rings. The first-order chi connectivity index (χ1) is 23.8. The van der Waals surface area contributed by atoms with Gasteiger partial charge in [-0.3, -0.25) is 0 Å². The monoisotopic (exact) mass is 642 g/mol. The van der Waals surface area contributed by atoms with Crippen LogP contribution in [-0.2, 0) is 0 Å². The molecule has 0 unspecified atom stereocenters.